The van der Waals surface area contributed by atoms with Crippen molar-refractivity contribution >= 4 is 5.69 Å². The van der Waals surface area contributed by atoms with Gasteiger partial charge in [-0.05, 0) is 40.8 Å². The molecular weight excluding hydrogens is 234 g/mol. The van der Waals surface area contributed by atoms with Crippen molar-refractivity contribution in [3.63, 3.8) is 0 Å². The number of anilines is 1. The average molecular weight is 255 g/mol. The zero-order valence-electron chi connectivity index (χ0n) is 11.8. The molecule has 2 heteroatoms. The van der Waals surface area contributed by atoms with Crippen molar-refractivity contribution in [2.75, 3.05) is 5.32 Å². The Bertz CT molecular complexity index is 521. The summed E-state index contributed by atoms with van der Waals surface area (Å²) in [6.07, 6.45) is 0. The second kappa shape index (κ2) is 5.35. The van der Waals surface area contributed by atoms with E-state index in [0.717, 1.165) is 12.2 Å². The van der Waals surface area contributed by atoms with Gasteiger partial charge in [-0.2, -0.15) is 0 Å². The number of phenols is 1. The quantitative estimate of drug-likeness (QED) is 0.801. The van der Waals surface area contributed by atoms with E-state index in [2.05, 4.69) is 50.4 Å². The van der Waals surface area contributed by atoms with Crippen LogP contribution in [0.15, 0.2) is 48.5 Å². The fourth-order valence-electron chi connectivity index (χ4n) is 1.91. The zero-order valence-corrected chi connectivity index (χ0v) is 11.8. The molecule has 0 saturated heterocycles. The normalized spacial score (nSPS) is 11.3. The second-order valence-corrected chi connectivity index (χ2v) is 5.85. The maximum Gasteiger partial charge on any atom is 0.115 e. The summed E-state index contributed by atoms with van der Waals surface area (Å²) in [5.74, 6) is 0.292. The van der Waals surface area contributed by atoms with E-state index in [-0.39, 0.29) is 5.41 Å². The maximum atomic E-state index is 9.22. The van der Waals surface area contributed by atoms with Crippen LogP contribution in [0, 0.1) is 0 Å². The summed E-state index contributed by atoms with van der Waals surface area (Å²) in [6.45, 7) is 7.44. The van der Waals surface area contributed by atoms with Crippen molar-refractivity contribution in [1.82, 2.24) is 0 Å². The summed E-state index contributed by atoms with van der Waals surface area (Å²) in [4.78, 5) is 0. The first kappa shape index (κ1) is 13.5. The number of phenolic OH excluding ortho intramolecular Hbond substituents is 1. The van der Waals surface area contributed by atoms with Crippen LogP contribution in [0.4, 0.5) is 5.69 Å². The molecule has 100 valence electrons. The third kappa shape index (κ3) is 3.75. The Hall–Kier alpha value is -1.96. The predicted molar refractivity (Wildman–Crippen MR) is 80.6 cm³/mol. The monoisotopic (exact) mass is 255 g/mol. The molecule has 0 amide bonds. The van der Waals surface area contributed by atoms with Crippen LogP contribution in [0.5, 0.6) is 5.75 Å². The van der Waals surface area contributed by atoms with Crippen molar-refractivity contribution in [2.24, 2.45) is 0 Å². The minimum Gasteiger partial charge on any atom is -0.508 e. The molecular formula is C17H21NO. The van der Waals surface area contributed by atoms with E-state index >= 15 is 0 Å². The number of benzene rings is 2. The van der Waals surface area contributed by atoms with Crippen LogP contribution in [-0.2, 0) is 12.0 Å². The largest absolute Gasteiger partial charge is 0.508 e. The summed E-state index contributed by atoms with van der Waals surface area (Å²) < 4.78 is 0. The number of nitrogens with one attached hydrogen (secondary N) is 1. The van der Waals surface area contributed by atoms with Gasteiger partial charge in [-0.1, -0.05) is 45.0 Å². The van der Waals surface area contributed by atoms with Gasteiger partial charge in [0.2, 0.25) is 0 Å². The fourth-order valence-corrected chi connectivity index (χ4v) is 1.91. The summed E-state index contributed by atoms with van der Waals surface area (Å²) in [5, 5.41) is 12.6. The van der Waals surface area contributed by atoms with Crippen molar-refractivity contribution in [3.8, 4) is 5.75 Å². The Morgan fingerprint density at radius 1 is 0.895 bits per heavy atom. The number of hydrogen-bond donors (Lipinski definition) is 2. The van der Waals surface area contributed by atoms with Crippen LogP contribution >= 0.6 is 0 Å². The Morgan fingerprint density at radius 3 is 2.00 bits per heavy atom. The fraction of sp³-hybridized carbons (Fsp3) is 0.294. The Kier molecular flexibility index (Phi) is 3.79. The number of aromatic hydroxyl groups is 1. The topological polar surface area (TPSA) is 32.3 Å². The van der Waals surface area contributed by atoms with E-state index in [1.807, 2.05) is 12.1 Å². The predicted octanol–water partition coefficient (Wildman–Crippen LogP) is 4.30. The van der Waals surface area contributed by atoms with E-state index in [1.54, 1.807) is 12.1 Å². The lowest BCUT2D eigenvalue weighted by Gasteiger charge is -2.19. The van der Waals surface area contributed by atoms with Gasteiger partial charge in [0.05, 0.1) is 0 Å². The van der Waals surface area contributed by atoms with Crippen molar-refractivity contribution < 1.29 is 5.11 Å². The molecule has 2 rings (SSSR count). The van der Waals surface area contributed by atoms with Gasteiger partial charge in [-0.15, -0.1) is 0 Å². The molecule has 0 aliphatic carbocycles. The third-order valence-electron chi connectivity index (χ3n) is 3.18. The van der Waals surface area contributed by atoms with Crippen LogP contribution < -0.4 is 5.32 Å². The lowest BCUT2D eigenvalue weighted by molar-refractivity contribution is 0.475. The molecule has 0 radical (unpaired) electrons. The van der Waals surface area contributed by atoms with Crippen LogP contribution in [0.25, 0.3) is 0 Å². The lowest BCUT2D eigenvalue weighted by Crippen LogP contribution is -2.11. The van der Waals surface area contributed by atoms with Gasteiger partial charge in [0.15, 0.2) is 0 Å². The minimum absolute atomic E-state index is 0.197. The van der Waals surface area contributed by atoms with Gasteiger partial charge in [0.1, 0.15) is 5.75 Å². The first-order valence-electron chi connectivity index (χ1n) is 6.57. The van der Waals surface area contributed by atoms with E-state index in [9.17, 15) is 5.11 Å². The third-order valence-corrected chi connectivity index (χ3v) is 3.18. The van der Waals surface area contributed by atoms with Gasteiger partial charge in [-0.25, -0.2) is 0 Å². The first-order valence-corrected chi connectivity index (χ1v) is 6.57. The molecule has 0 aliphatic rings. The van der Waals surface area contributed by atoms with Gasteiger partial charge < -0.3 is 10.4 Å². The molecule has 2 aromatic rings. The van der Waals surface area contributed by atoms with Crippen LogP contribution in [-0.4, -0.2) is 5.11 Å². The van der Waals surface area contributed by atoms with Crippen LogP contribution in [0.2, 0.25) is 0 Å². The highest BCUT2D eigenvalue weighted by molar-refractivity contribution is 5.46. The van der Waals surface area contributed by atoms with Gasteiger partial charge in [0, 0.05) is 12.2 Å². The number of rotatable bonds is 3. The Labute approximate surface area is 115 Å². The summed E-state index contributed by atoms with van der Waals surface area (Å²) in [5.41, 5.74) is 3.81. The molecule has 0 spiro atoms. The average Bonchev–Trinajstić information content (AvgIpc) is 2.37. The molecule has 19 heavy (non-hydrogen) atoms. The molecule has 0 unspecified atom stereocenters. The summed E-state index contributed by atoms with van der Waals surface area (Å²) in [7, 11) is 0. The van der Waals surface area contributed by atoms with Crippen molar-refractivity contribution in [1.29, 1.82) is 0 Å². The Morgan fingerprint density at radius 2 is 1.47 bits per heavy atom. The molecule has 0 aliphatic heterocycles. The molecule has 0 fully saturated rings. The summed E-state index contributed by atoms with van der Waals surface area (Å²) in [6, 6.07) is 15.8. The van der Waals surface area contributed by atoms with E-state index in [4.69, 9.17) is 0 Å². The molecule has 0 aromatic heterocycles. The van der Waals surface area contributed by atoms with Gasteiger partial charge >= 0.3 is 0 Å². The maximum absolute atomic E-state index is 9.22. The molecule has 2 N–H and O–H groups in total. The van der Waals surface area contributed by atoms with Gasteiger partial charge in [-0.3, -0.25) is 0 Å². The highest BCUT2D eigenvalue weighted by Crippen LogP contribution is 2.22. The standard InChI is InChI=1S/C17H21NO/c1-17(2,3)14-6-4-13(5-7-14)12-18-15-8-10-16(19)11-9-15/h4-11,18-19H,12H2,1-3H3. The smallest absolute Gasteiger partial charge is 0.115 e. The lowest BCUT2D eigenvalue weighted by atomic mass is 9.87. The minimum atomic E-state index is 0.197. The molecule has 2 aromatic carbocycles. The SMILES string of the molecule is CC(C)(C)c1ccc(CNc2ccc(O)cc2)cc1. The molecule has 0 atom stereocenters. The van der Waals surface area contributed by atoms with Crippen LogP contribution in [0.1, 0.15) is 31.9 Å². The van der Waals surface area contributed by atoms with Crippen molar-refractivity contribution in [3.05, 3.63) is 59.7 Å². The summed E-state index contributed by atoms with van der Waals surface area (Å²) >= 11 is 0. The second-order valence-electron chi connectivity index (χ2n) is 5.85. The van der Waals surface area contributed by atoms with E-state index in [0.29, 0.717) is 5.75 Å². The number of hydrogen-bond acceptors (Lipinski definition) is 2. The molecule has 2 nitrogen and oxygen atoms in total. The zero-order chi connectivity index (χ0) is 13.9. The van der Waals surface area contributed by atoms with Crippen molar-refractivity contribution in [2.45, 2.75) is 32.7 Å². The molecule has 0 heterocycles. The highest BCUT2D eigenvalue weighted by atomic mass is 16.3. The van der Waals surface area contributed by atoms with E-state index in [1.165, 1.54) is 11.1 Å². The molecule has 0 bridgehead atoms. The van der Waals surface area contributed by atoms with Gasteiger partial charge in [0.25, 0.3) is 0 Å². The Balaban J connectivity index is 1.98. The highest BCUT2D eigenvalue weighted by Gasteiger charge is 2.12. The van der Waals surface area contributed by atoms with Crippen LogP contribution in [0.3, 0.4) is 0 Å². The first-order chi connectivity index (χ1) is 8.95. The van der Waals surface area contributed by atoms with E-state index < -0.39 is 0 Å². The molecule has 0 saturated carbocycles.